The van der Waals surface area contributed by atoms with Crippen LogP contribution in [0.2, 0.25) is 0 Å². The van der Waals surface area contributed by atoms with Crippen LogP contribution in [-0.2, 0) is 22.6 Å². The first-order chi connectivity index (χ1) is 15.1. The molecule has 0 unspecified atom stereocenters. The van der Waals surface area contributed by atoms with Gasteiger partial charge in [0.05, 0.1) is 30.9 Å². The first-order valence-electron chi connectivity index (χ1n) is 11.0. The van der Waals surface area contributed by atoms with Gasteiger partial charge in [0.2, 0.25) is 0 Å². The van der Waals surface area contributed by atoms with Crippen molar-refractivity contribution in [2.75, 3.05) is 65.1 Å². The number of rotatable bonds is 13. The Balaban J connectivity index is 2.09. The van der Waals surface area contributed by atoms with E-state index in [1.165, 1.54) is 0 Å². The van der Waals surface area contributed by atoms with E-state index in [0.29, 0.717) is 33.0 Å². The monoisotopic (exact) mass is 429 g/mol. The molecular weight excluding hydrogens is 394 g/mol. The third-order valence-electron chi connectivity index (χ3n) is 5.49. The molecule has 0 aliphatic heterocycles. The number of aromatic nitrogens is 3. The average molecular weight is 430 g/mol. The molecule has 1 N–H and O–H groups in total. The summed E-state index contributed by atoms with van der Waals surface area (Å²) < 4.78 is 13.5. The molecule has 0 amide bonds. The summed E-state index contributed by atoms with van der Waals surface area (Å²) >= 11 is 0. The van der Waals surface area contributed by atoms with Crippen LogP contribution in [0.4, 0.5) is 5.82 Å². The molecule has 0 saturated heterocycles. The van der Waals surface area contributed by atoms with E-state index in [9.17, 15) is 0 Å². The van der Waals surface area contributed by atoms with Crippen molar-refractivity contribution < 1.29 is 14.6 Å². The minimum absolute atomic E-state index is 0.0183. The number of hydrogen-bond donors (Lipinski definition) is 1. The number of pyridine rings is 1. The highest BCUT2D eigenvalue weighted by Crippen LogP contribution is 2.32. The molecular formula is C23H35N5O3. The highest BCUT2D eigenvalue weighted by molar-refractivity contribution is 6.07. The van der Waals surface area contributed by atoms with Crippen LogP contribution >= 0.6 is 0 Å². The van der Waals surface area contributed by atoms with Crippen LogP contribution in [0, 0.1) is 0 Å². The lowest BCUT2D eigenvalue weighted by Crippen LogP contribution is -2.31. The Hall–Kier alpha value is -2.26. The summed E-state index contributed by atoms with van der Waals surface area (Å²) in [5.74, 6) is 1.74. The second-order valence-electron chi connectivity index (χ2n) is 7.62. The molecule has 0 aliphatic carbocycles. The molecule has 0 fully saturated rings. The van der Waals surface area contributed by atoms with E-state index in [4.69, 9.17) is 24.5 Å². The first-order valence-corrected chi connectivity index (χ1v) is 11.0. The normalized spacial score (nSPS) is 11.8. The third-order valence-corrected chi connectivity index (χ3v) is 5.49. The van der Waals surface area contributed by atoms with Crippen LogP contribution in [0.1, 0.15) is 19.7 Å². The summed E-state index contributed by atoms with van der Waals surface area (Å²) in [5.41, 5.74) is 2.89. The van der Waals surface area contributed by atoms with Gasteiger partial charge in [0.15, 0.2) is 5.82 Å². The van der Waals surface area contributed by atoms with Crippen molar-refractivity contribution in [3.05, 3.63) is 30.1 Å². The lowest BCUT2D eigenvalue weighted by Gasteiger charge is -2.22. The number of ether oxygens (including phenoxy) is 2. The maximum atomic E-state index is 9.03. The zero-order valence-electron chi connectivity index (χ0n) is 19.2. The molecule has 0 atom stereocenters. The Morgan fingerprint density at radius 2 is 1.84 bits per heavy atom. The van der Waals surface area contributed by atoms with Crippen molar-refractivity contribution in [3.63, 3.8) is 0 Å². The molecule has 1 aromatic carbocycles. The highest BCUT2D eigenvalue weighted by Gasteiger charge is 2.20. The second-order valence-corrected chi connectivity index (χ2v) is 7.62. The fourth-order valence-electron chi connectivity index (χ4n) is 3.58. The number of likely N-dealkylation sites (N-methyl/N-ethyl adjacent to an activating group) is 2. The Morgan fingerprint density at radius 3 is 2.58 bits per heavy atom. The van der Waals surface area contributed by atoms with E-state index in [2.05, 4.69) is 41.5 Å². The zero-order valence-corrected chi connectivity index (χ0v) is 19.2. The maximum absolute atomic E-state index is 9.03. The van der Waals surface area contributed by atoms with Gasteiger partial charge in [-0.3, -0.25) is 0 Å². The van der Waals surface area contributed by atoms with Gasteiger partial charge in [-0.25, -0.2) is 9.97 Å². The molecule has 2 heterocycles. The van der Waals surface area contributed by atoms with E-state index in [0.717, 1.165) is 53.2 Å². The summed E-state index contributed by atoms with van der Waals surface area (Å²) in [6, 6.07) is 8.19. The Bertz CT molecular complexity index is 975. The summed E-state index contributed by atoms with van der Waals surface area (Å²) in [5, 5.41) is 10.1. The number of nitrogens with zero attached hydrogens (tertiary/aromatic N) is 5. The summed E-state index contributed by atoms with van der Waals surface area (Å²) in [6.45, 7) is 9.49. The van der Waals surface area contributed by atoms with Gasteiger partial charge in [-0.2, -0.15) is 0 Å². The lowest BCUT2D eigenvalue weighted by atomic mass is 10.2. The van der Waals surface area contributed by atoms with E-state index in [1.807, 2.05) is 25.1 Å². The van der Waals surface area contributed by atoms with Gasteiger partial charge >= 0.3 is 0 Å². The molecule has 8 nitrogen and oxygen atoms in total. The van der Waals surface area contributed by atoms with E-state index in [-0.39, 0.29) is 6.61 Å². The highest BCUT2D eigenvalue weighted by atomic mass is 16.5. The number of anilines is 1. The van der Waals surface area contributed by atoms with Gasteiger partial charge in [0, 0.05) is 38.7 Å². The van der Waals surface area contributed by atoms with Crippen molar-refractivity contribution in [1.29, 1.82) is 0 Å². The predicted octanol–water partition coefficient (Wildman–Crippen LogP) is 2.52. The van der Waals surface area contributed by atoms with Crippen LogP contribution in [0.15, 0.2) is 24.3 Å². The molecule has 2 aromatic heterocycles. The number of hydrogen-bond acceptors (Lipinski definition) is 7. The predicted molar refractivity (Wildman–Crippen MR) is 125 cm³/mol. The van der Waals surface area contributed by atoms with Crippen molar-refractivity contribution in [2.45, 2.75) is 27.0 Å². The maximum Gasteiger partial charge on any atom is 0.157 e. The van der Waals surface area contributed by atoms with Crippen LogP contribution in [0.5, 0.6) is 0 Å². The Morgan fingerprint density at radius 1 is 1.03 bits per heavy atom. The summed E-state index contributed by atoms with van der Waals surface area (Å²) in [4.78, 5) is 14.4. The number of aliphatic hydroxyl groups is 1. The molecule has 31 heavy (non-hydrogen) atoms. The van der Waals surface area contributed by atoms with Crippen LogP contribution in [0.25, 0.3) is 21.9 Å². The van der Waals surface area contributed by atoms with Gasteiger partial charge in [-0.1, -0.05) is 25.1 Å². The second kappa shape index (κ2) is 11.4. The summed E-state index contributed by atoms with van der Waals surface area (Å²) in [6.07, 6.45) is 0. The van der Waals surface area contributed by atoms with Crippen molar-refractivity contribution in [2.24, 2.45) is 0 Å². The largest absolute Gasteiger partial charge is 0.394 e. The zero-order chi connectivity index (χ0) is 22.2. The lowest BCUT2D eigenvalue weighted by molar-refractivity contribution is 0.0845. The molecule has 0 spiro atoms. The topological polar surface area (TPSA) is 75.9 Å². The standard InChI is InChI=1S/C23H35N5O3/c1-5-26(3)11-12-27(4)23-21-22(18-9-7-8-10-19(18)24-23)28(13-15-31-16-14-29)20(25-21)17-30-6-2/h7-10,29H,5-6,11-17H2,1-4H3. The number of benzene rings is 1. The molecule has 0 aliphatic rings. The van der Waals surface area contributed by atoms with Gasteiger partial charge < -0.3 is 28.9 Å². The molecule has 0 bridgehead atoms. The summed E-state index contributed by atoms with van der Waals surface area (Å²) in [7, 11) is 4.20. The van der Waals surface area contributed by atoms with Crippen LogP contribution in [-0.4, -0.2) is 84.7 Å². The molecule has 8 heteroatoms. The van der Waals surface area contributed by atoms with Gasteiger partial charge in [-0.05, 0) is 26.6 Å². The quantitative estimate of drug-likeness (QED) is 0.419. The van der Waals surface area contributed by atoms with Crippen molar-refractivity contribution in [3.8, 4) is 0 Å². The van der Waals surface area contributed by atoms with Crippen LogP contribution in [0.3, 0.4) is 0 Å². The van der Waals surface area contributed by atoms with Crippen molar-refractivity contribution in [1.82, 2.24) is 19.4 Å². The molecule has 0 saturated carbocycles. The van der Waals surface area contributed by atoms with Crippen LogP contribution < -0.4 is 4.90 Å². The minimum atomic E-state index is 0.0183. The smallest absolute Gasteiger partial charge is 0.157 e. The van der Waals surface area contributed by atoms with Gasteiger partial charge in [-0.15, -0.1) is 0 Å². The fourth-order valence-corrected chi connectivity index (χ4v) is 3.58. The SMILES string of the molecule is CCOCc1nc2c(N(C)CCN(C)CC)nc3ccccc3c2n1CCOCCO. The van der Waals surface area contributed by atoms with E-state index >= 15 is 0 Å². The first kappa shape index (κ1) is 23.4. The number of aliphatic hydroxyl groups excluding tert-OH is 1. The Labute approximate surface area is 184 Å². The molecule has 170 valence electrons. The van der Waals surface area contributed by atoms with E-state index < -0.39 is 0 Å². The van der Waals surface area contributed by atoms with Gasteiger partial charge in [0.25, 0.3) is 0 Å². The average Bonchev–Trinajstić information content (AvgIpc) is 3.16. The van der Waals surface area contributed by atoms with Gasteiger partial charge in [0.1, 0.15) is 17.9 Å². The fraction of sp³-hybridized carbons (Fsp3) is 0.565. The molecule has 0 radical (unpaired) electrons. The molecule has 3 rings (SSSR count). The number of fused-ring (bicyclic) bond motifs is 3. The van der Waals surface area contributed by atoms with Crippen molar-refractivity contribution >= 4 is 27.8 Å². The number of imidazole rings is 1. The molecule has 3 aromatic rings. The Kier molecular flexibility index (Phi) is 8.60. The number of para-hydroxylation sites is 1. The third kappa shape index (κ3) is 5.51. The minimum Gasteiger partial charge on any atom is -0.394 e. The van der Waals surface area contributed by atoms with E-state index in [1.54, 1.807) is 0 Å².